The minimum Gasteiger partial charge on any atom is -0.370 e. The number of hydrogen-bond donors (Lipinski definition) is 0. The molecular weight excluding hydrogens is 473 g/mol. The van der Waals surface area contributed by atoms with Crippen LogP contribution in [0.5, 0.6) is 0 Å². The molecule has 2 atom stereocenters. The molecule has 1 saturated carbocycles. The summed E-state index contributed by atoms with van der Waals surface area (Å²) >= 11 is 5.98. The summed E-state index contributed by atoms with van der Waals surface area (Å²) in [5.41, 5.74) is 2.41. The molecule has 8 nitrogen and oxygen atoms in total. The van der Waals surface area contributed by atoms with E-state index < -0.39 is 5.82 Å². The number of hydrogen-bond acceptors (Lipinski definition) is 7. The minimum atomic E-state index is -0.527. The average Bonchev–Trinajstić information content (AvgIpc) is 3.59. The average molecular weight is 496 g/mol. The monoisotopic (exact) mass is 495 g/mol. The molecule has 1 aliphatic carbocycles. The Bertz CT molecular complexity index is 1510. The summed E-state index contributed by atoms with van der Waals surface area (Å²) in [6.07, 6.45) is 4.78. The maximum atomic E-state index is 15.0. The van der Waals surface area contributed by atoms with E-state index in [9.17, 15) is 9.18 Å². The first-order valence-corrected chi connectivity index (χ1v) is 12.1. The van der Waals surface area contributed by atoms with Crippen LogP contribution in [0.15, 0.2) is 33.7 Å². The normalized spacial score (nSPS) is 20.5. The summed E-state index contributed by atoms with van der Waals surface area (Å²) in [5.74, 6) is 0.982. The molecule has 1 aliphatic heterocycles. The quantitative estimate of drug-likeness (QED) is 0.390. The molecule has 3 aromatic heterocycles. The molecule has 6 rings (SSSR count). The lowest BCUT2D eigenvalue weighted by molar-refractivity contribution is -0.00184. The smallest absolute Gasteiger partial charge is 0.261 e. The summed E-state index contributed by atoms with van der Waals surface area (Å²) < 4.78 is 27.8. The topological polar surface area (TPSA) is 95.4 Å². The summed E-state index contributed by atoms with van der Waals surface area (Å²) in [4.78, 5) is 27.2. The zero-order chi connectivity index (χ0) is 24.3. The summed E-state index contributed by atoms with van der Waals surface area (Å²) in [6, 6.07) is 4.40. The Balaban J connectivity index is 1.45. The van der Waals surface area contributed by atoms with Gasteiger partial charge < -0.3 is 9.26 Å². The van der Waals surface area contributed by atoms with Crippen molar-refractivity contribution in [3.05, 3.63) is 74.3 Å². The maximum Gasteiger partial charge on any atom is 0.261 e. The molecule has 0 amide bonds. The van der Waals surface area contributed by atoms with Gasteiger partial charge in [-0.15, -0.1) is 0 Å². The molecular formula is C25H23ClFN5O3. The lowest BCUT2D eigenvalue weighted by Gasteiger charge is -2.28. The third-order valence-electron chi connectivity index (χ3n) is 6.86. The van der Waals surface area contributed by atoms with Crippen LogP contribution in [0.3, 0.4) is 0 Å². The van der Waals surface area contributed by atoms with E-state index in [1.54, 1.807) is 32.2 Å². The molecule has 2 unspecified atom stereocenters. The number of nitrogens with zero attached hydrogens (tertiary/aromatic N) is 5. The van der Waals surface area contributed by atoms with Gasteiger partial charge in [-0.1, -0.05) is 16.8 Å². The van der Waals surface area contributed by atoms with E-state index in [4.69, 9.17) is 25.8 Å². The Morgan fingerprint density at radius 3 is 2.71 bits per heavy atom. The number of halogens is 2. The van der Waals surface area contributed by atoms with Crippen LogP contribution in [0.2, 0.25) is 5.02 Å². The Kier molecular flexibility index (Phi) is 5.41. The van der Waals surface area contributed by atoms with Crippen molar-refractivity contribution >= 4 is 17.2 Å². The summed E-state index contributed by atoms with van der Waals surface area (Å²) in [7, 11) is 0. The van der Waals surface area contributed by atoms with Gasteiger partial charge >= 0.3 is 0 Å². The van der Waals surface area contributed by atoms with E-state index in [1.807, 2.05) is 0 Å². The first-order valence-electron chi connectivity index (χ1n) is 11.7. The predicted molar refractivity (Wildman–Crippen MR) is 126 cm³/mol. The fraction of sp³-hybridized carbons (Fsp3) is 0.400. The number of aromatic nitrogens is 5. The van der Waals surface area contributed by atoms with E-state index in [-0.39, 0.29) is 28.2 Å². The van der Waals surface area contributed by atoms with E-state index in [2.05, 4.69) is 15.1 Å². The van der Waals surface area contributed by atoms with Gasteiger partial charge in [0.1, 0.15) is 17.6 Å². The van der Waals surface area contributed by atoms with Crippen LogP contribution in [-0.2, 0) is 4.74 Å². The molecule has 2 fully saturated rings. The fourth-order valence-electron chi connectivity index (χ4n) is 4.53. The number of ether oxygens (including phenoxy) is 1. The van der Waals surface area contributed by atoms with Gasteiger partial charge in [-0.2, -0.15) is 4.98 Å². The Labute approximate surface area is 205 Å². The van der Waals surface area contributed by atoms with E-state index in [1.165, 1.54) is 10.5 Å². The predicted octanol–water partition coefficient (Wildman–Crippen LogP) is 5.06. The van der Waals surface area contributed by atoms with Crippen LogP contribution in [0.1, 0.15) is 72.3 Å². The second-order valence-electron chi connectivity index (χ2n) is 9.31. The lowest BCUT2D eigenvalue weighted by Crippen LogP contribution is -2.24. The van der Waals surface area contributed by atoms with Gasteiger partial charge in [0.25, 0.3) is 5.56 Å². The maximum absolute atomic E-state index is 15.0. The lowest BCUT2D eigenvalue weighted by atomic mass is 9.92. The molecule has 4 aromatic rings. The van der Waals surface area contributed by atoms with Crippen molar-refractivity contribution in [3.8, 4) is 11.3 Å². The number of aryl methyl sites for hydroxylation is 1. The van der Waals surface area contributed by atoms with Crippen LogP contribution in [0.25, 0.3) is 16.9 Å². The summed E-state index contributed by atoms with van der Waals surface area (Å²) in [5, 5.41) is 4.42. The van der Waals surface area contributed by atoms with Gasteiger partial charge in [-0.25, -0.2) is 14.4 Å². The number of benzene rings is 1. The van der Waals surface area contributed by atoms with Gasteiger partial charge in [-0.3, -0.25) is 9.20 Å². The molecule has 0 N–H and O–H groups in total. The van der Waals surface area contributed by atoms with Crippen LogP contribution in [-0.4, -0.2) is 31.1 Å². The minimum absolute atomic E-state index is 0.0522. The van der Waals surface area contributed by atoms with Crippen molar-refractivity contribution in [2.75, 3.05) is 6.61 Å². The highest BCUT2D eigenvalue weighted by Crippen LogP contribution is 2.41. The van der Waals surface area contributed by atoms with Crippen molar-refractivity contribution in [2.24, 2.45) is 0 Å². The fourth-order valence-corrected chi connectivity index (χ4v) is 4.69. The van der Waals surface area contributed by atoms with Crippen LogP contribution < -0.4 is 5.56 Å². The second kappa shape index (κ2) is 8.49. The van der Waals surface area contributed by atoms with Gasteiger partial charge in [0.2, 0.25) is 11.7 Å². The van der Waals surface area contributed by atoms with Gasteiger partial charge in [0.15, 0.2) is 5.65 Å². The molecule has 180 valence electrons. The van der Waals surface area contributed by atoms with E-state index >= 15 is 0 Å². The highest BCUT2D eigenvalue weighted by Gasteiger charge is 2.34. The zero-order valence-electron chi connectivity index (χ0n) is 19.3. The molecule has 0 spiro atoms. The Morgan fingerprint density at radius 2 is 1.94 bits per heavy atom. The zero-order valence-corrected chi connectivity index (χ0v) is 20.0. The Hall–Kier alpha value is -3.17. The highest BCUT2D eigenvalue weighted by atomic mass is 35.5. The van der Waals surface area contributed by atoms with Gasteiger partial charge in [-0.05, 0) is 57.7 Å². The molecule has 4 heterocycles. The van der Waals surface area contributed by atoms with Crippen LogP contribution in [0.4, 0.5) is 4.39 Å². The van der Waals surface area contributed by atoms with Crippen molar-refractivity contribution in [1.29, 1.82) is 0 Å². The van der Waals surface area contributed by atoms with Crippen LogP contribution in [0, 0.1) is 19.7 Å². The molecule has 10 heteroatoms. The molecule has 0 radical (unpaired) electrons. The molecule has 0 bridgehead atoms. The van der Waals surface area contributed by atoms with Gasteiger partial charge in [0.05, 0.1) is 5.69 Å². The molecule has 1 aromatic carbocycles. The SMILES string of the molecule is Cc1nc2c(-c3ccc(Cl)cc3F)nc(C3CCOC(c4noc(C5CC5)n4)C3)cn2c(=O)c1C. The second-order valence-corrected chi connectivity index (χ2v) is 9.74. The third kappa shape index (κ3) is 4.02. The standard InChI is InChI=1S/C25H23ClFN5O3/c1-12-13(2)28-23-21(17-6-5-16(26)10-18(17)27)29-19(11-32(23)25(12)33)15-7-8-34-20(9-15)22-30-24(35-31-22)14-3-4-14/h5-6,10-11,14-15,20H,3-4,7-9H2,1-2H3. The third-order valence-corrected chi connectivity index (χ3v) is 7.09. The van der Waals surface area contributed by atoms with E-state index in [0.717, 1.165) is 12.8 Å². The molecule has 1 saturated heterocycles. The van der Waals surface area contributed by atoms with Crippen molar-refractivity contribution in [3.63, 3.8) is 0 Å². The van der Waals surface area contributed by atoms with Crippen molar-refractivity contribution < 1.29 is 13.7 Å². The molecule has 35 heavy (non-hydrogen) atoms. The first-order chi connectivity index (χ1) is 16.9. The largest absolute Gasteiger partial charge is 0.370 e. The van der Waals surface area contributed by atoms with Crippen molar-refractivity contribution in [2.45, 2.75) is 57.5 Å². The molecule has 2 aliphatic rings. The van der Waals surface area contributed by atoms with E-state index in [0.29, 0.717) is 65.4 Å². The highest BCUT2D eigenvalue weighted by molar-refractivity contribution is 6.30. The number of fused-ring (bicyclic) bond motifs is 1. The number of rotatable bonds is 4. The Morgan fingerprint density at radius 1 is 1.11 bits per heavy atom. The summed E-state index contributed by atoms with van der Waals surface area (Å²) in [6.45, 7) is 3.97. The van der Waals surface area contributed by atoms with Crippen LogP contribution >= 0.6 is 11.6 Å². The van der Waals surface area contributed by atoms with Gasteiger partial charge in [0, 0.05) is 46.5 Å². The first kappa shape index (κ1) is 22.3. The van der Waals surface area contributed by atoms with Crippen molar-refractivity contribution in [1.82, 2.24) is 24.5 Å².